The molecule has 1 unspecified atom stereocenters. The molecule has 1 atom stereocenters. The topological polar surface area (TPSA) is 72.6 Å². The molecule has 102 valence electrons. The SMILES string of the molecule is COc1ccc(Br)cc1CN1CC(C(N)=O)CC1=O. The van der Waals surface area contributed by atoms with Crippen molar-refractivity contribution in [2.45, 2.75) is 13.0 Å². The summed E-state index contributed by atoms with van der Waals surface area (Å²) >= 11 is 3.39. The van der Waals surface area contributed by atoms with E-state index in [0.29, 0.717) is 13.1 Å². The first-order valence-corrected chi connectivity index (χ1v) is 6.70. The number of amides is 2. The van der Waals surface area contributed by atoms with Crippen molar-refractivity contribution < 1.29 is 14.3 Å². The van der Waals surface area contributed by atoms with Gasteiger partial charge in [0, 0.05) is 29.5 Å². The van der Waals surface area contributed by atoms with Crippen molar-refractivity contribution in [1.29, 1.82) is 0 Å². The van der Waals surface area contributed by atoms with E-state index in [1.807, 2.05) is 18.2 Å². The average molecular weight is 327 g/mol. The Morgan fingerprint density at radius 1 is 1.58 bits per heavy atom. The number of nitrogens with two attached hydrogens (primary N) is 1. The summed E-state index contributed by atoms with van der Waals surface area (Å²) < 4.78 is 6.19. The summed E-state index contributed by atoms with van der Waals surface area (Å²) in [6, 6.07) is 5.62. The highest BCUT2D eigenvalue weighted by Crippen LogP contribution is 2.27. The van der Waals surface area contributed by atoms with Crippen molar-refractivity contribution in [3.63, 3.8) is 0 Å². The van der Waals surface area contributed by atoms with Gasteiger partial charge in [-0.2, -0.15) is 0 Å². The van der Waals surface area contributed by atoms with Gasteiger partial charge >= 0.3 is 0 Å². The van der Waals surface area contributed by atoms with Gasteiger partial charge in [0.05, 0.1) is 13.0 Å². The predicted molar refractivity (Wildman–Crippen MR) is 73.4 cm³/mol. The summed E-state index contributed by atoms with van der Waals surface area (Å²) in [5.41, 5.74) is 6.14. The molecular formula is C13H15BrN2O3. The largest absolute Gasteiger partial charge is 0.496 e. The predicted octanol–water partition coefficient (Wildman–Crippen LogP) is 1.29. The number of hydrogen-bond donors (Lipinski definition) is 1. The minimum absolute atomic E-state index is 0.0502. The van der Waals surface area contributed by atoms with Gasteiger partial charge in [0.1, 0.15) is 5.75 Å². The number of likely N-dealkylation sites (tertiary alicyclic amines) is 1. The molecule has 19 heavy (non-hydrogen) atoms. The van der Waals surface area contributed by atoms with Crippen molar-refractivity contribution >= 4 is 27.7 Å². The third kappa shape index (κ3) is 3.07. The van der Waals surface area contributed by atoms with Gasteiger partial charge in [0.2, 0.25) is 11.8 Å². The molecule has 1 aliphatic rings. The van der Waals surface area contributed by atoms with Crippen LogP contribution in [0.15, 0.2) is 22.7 Å². The van der Waals surface area contributed by atoms with Crippen LogP contribution in [0.25, 0.3) is 0 Å². The van der Waals surface area contributed by atoms with Crippen LogP contribution in [-0.4, -0.2) is 30.4 Å². The first-order valence-electron chi connectivity index (χ1n) is 5.90. The van der Waals surface area contributed by atoms with Crippen molar-refractivity contribution in [2.75, 3.05) is 13.7 Å². The third-order valence-corrected chi connectivity index (χ3v) is 3.71. The van der Waals surface area contributed by atoms with Crippen LogP contribution < -0.4 is 10.5 Å². The summed E-state index contributed by atoms with van der Waals surface area (Å²) in [5.74, 6) is -0.132. The first kappa shape index (κ1) is 13.9. The molecule has 2 amide bonds. The van der Waals surface area contributed by atoms with E-state index in [1.165, 1.54) is 0 Å². The molecule has 0 aromatic heterocycles. The normalized spacial score (nSPS) is 18.7. The Balaban J connectivity index is 2.15. The fraction of sp³-hybridized carbons (Fsp3) is 0.385. The highest BCUT2D eigenvalue weighted by Gasteiger charge is 2.33. The molecule has 0 saturated carbocycles. The summed E-state index contributed by atoms with van der Waals surface area (Å²) in [7, 11) is 1.59. The molecule has 6 heteroatoms. The fourth-order valence-electron chi connectivity index (χ4n) is 2.19. The fourth-order valence-corrected chi connectivity index (χ4v) is 2.60. The smallest absolute Gasteiger partial charge is 0.223 e. The number of ether oxygens (including phenoxy) is 1. The quantitative estimate of drug-likeness (QED) is 0.906. The van der Waals surface area contributed by atoms with Crippen molar-refractivity contribution in [3.05, 3.63) is 28.2 Å². The molecular weight excluding hydrogens is 312 g/mol. The van der Waals surface area contributed by atoms with Crippen LogP contribution >= 0.6 is 15.9 Å². The summed E-state index contributed by atoms with van der Waals surface area (Å²) in [4.78, 5) is 24.6. The molecule has 2 N–H and O–H groups in total. The van der Waals surface area contributed by atoms with Crippen LogP contribution in [0.3, 0.4) is 0 Å². The lowest BCUT2D eigenvalue weighted by atomic mass is 10.1. The van der Waals surface area contributed by atoms with Gasteiger partial charge in [-0.1, -0.05) is 15.9 Å². The Bertz CT molecular complexity index is 519. The average Bonchev–Trinajstić information content (AvgIpc) is 2.72. The maximum Gasteiger partial charge on any atom is 0.223 e. The van der Waals surface area contributed by atoms with Crippen molar-refractivity contribution in [1.82, 2.24) is 4.90 Å². The number of carbonyl (C=O) groups is 2. The molecule has 1 aromatic rings. The highest BCUT2D eigenvalue weighted by atomic mass is 79.9. The zero-order chi connectivity index (χ0) is 14.0. The Morgan fingerprint density at radius 2 is 2.32 bits per heavy atom. The second-order valence-corrected chi connectivity index (χ2v) is 5.45. The van der Waals surface area contributed by atoms with Crippen LogP contribution in [0, 0.1) is 5.92 Å². The van der Waals surface area contributed by atoms with E-state index < -0.39 is 5.91 Å². The highest BCUT2D eigenvalue weighted by molar-refractivity contribution is 9.10. The van der Waals surface area contributed by atoms with E-state index in [-0.39, 0.29) is 18.2 Å². The number of methoxy groups -OCH3 is 1. The van der Waals surface area contributed by atoms with E-state index in [4.69, 9.17) is 10.5 Å². The number of halogens is 1. The molecule has 1 aliphatic heterocycles. The second kappa shape index (κ2) is 5.61. The van der Waals surface area contributed by atoms with E-state index in [9.17, 15) is 9.59 Å². The zero-order valence-electron chi connectivity index (χ0n) is 10.6. The van der Waals surface area contributed by atoms with Crippen LogP contribution in [0.1, 0.15) is 12.0 Å². The van der Waals surface area contributed by atoms with Gasteiger partial charge in [0.25, 0.3) is 0 Å². The monoisotopic (exact) mass is 326 g/mol. The first-order chi connectivity index (χ1) is 9.01. The van der Waals surface area contributed by atoms with Gasteiger partial charge in [-0.25, -0.2) is 0 Å². The summed E-state index contributed by atoms with van der Waals surface area (Å²) in [5, 5.41) is 0. The van der Waals surface area contributed by atoms with E-state index in [2.05, 4.69) is 15.9 Å². The van der Waals surface area contributed by atoms with Crippen LogP contribution in [-0.2, 0) is 16.1 Å². The molecule has 1 aromatic carbocycles. The van der Waals surface area contributed by atoms with Crippen LogP contribution in [0.4, 0.5) is 0 Å². The van der Waals surface area contributed by atoms with E-state index in [1.54, 1.807) is 12.0 Å². The Kier molecular flexibility index (Phi) is 4.09. The molecule has 1 saturated heterocycles. The molecule has 0 spiro atoms. The maximum absolute atomic E-state index is 11.8. The molecule has 2 rings (SSSR count). The Hall–Kier alpha value is -1.56. The molecule has 5 nitrogen and oxygen atoms in total. The Morgan fingerprint density at radius 3 is 2.89 bits per heavy atom. The lowest BCUT2D eigenvalue weighted by Crippen LogP contribution is -2.28. The minimum Gasteiger partial charge on any atom is -0.496 e. The lowest BCUT2D eigenvalue weighted by Gasteiger charge is -2.18. The molecule has 1 fully saturated rings. The van der Waals surface area contributed by atoms with Gasteiger partial charge in [-0.3, -0.25) is 9.59 Å². The number of carbonyl (C=O) groups excluding carboxylic acids is 2. The van der Waals surface area contributed by atoms with Crippen LogP contribution in [0.2, 0.25) is 0 Å². The standard InChI is InChI=1S/C13H15BrN2O3/c1-19-11-3-2-10(14)4-8(11)6-16-7-9(13(15)18)5-12(16)17/h2-4,9H,5-7H2,1H3,(H2,15,18). The molecule has 0 bridgehead atoms. The maximum atomic E-state index is 11.8. The Labute approximate surface area is 119 Å². The second-order valence-electron chi connectivity index (χ2n) is 4.53. The summed E-state index contributed by atoms with van der Waals surface area (Å²) in [6.45, 7) is 0.801. The summed E-state index contributed by atoms with van der Waals surface area (Å²) in [6.07, 6.45) is 0.200. The van der Waals surface area contributed by atoms with Crippen LogP contribution in [0.5, 0.6) is 5.75 Å². The lowest BCUT2D eigenvalue weighted by molar-refractivity contribution is -0.128. The minimum atomic E-state index is -0.419. The van der Waals surface area contributed by atoms with E-state index in [0.717, 1.165) is 15.8 Å². The van der Waals surface area contributed by atoms with Gasteiger partial charge in [-0.05, 0) is 18.2 Å². The number of rotatable bonds is 4. The number of benzene rings is 1. The van der Waals surface area contributed by atoms with Gasteiger partial charge in [-0.15, -0.1) is 0 Å². The number of nitrogens with zero attached hydrogens (tertiary/aromatic N) is 1. The van der Waals surface area contributed by atoms with Crippen molar-refractivity contribution in [3.8, 4) is 5.75 Å². The molecule has 0 aliphatic carbocycles. The number of primary amides is 1. The zero-order valence-corrected chi connectivity index (χ0v) is 12.1. The van der Waals surface area contributed by atoms with Gasteiger partial charge < -0.3 is 15.4 Å². The molecule has 1 heterocycles. The molecule has 0 radical (unpaired) electrons. The third-order valence-electron chi connectivity index (χ3n) is 3.22. The van der Waals surface area contributed by atoms with Crippen molar-refractivity contribution in [2.24, 2.45) is 11.7 Å². The van der Waals surface area contributed by atoms with E-state index >= 15 is 0 Å². The number of hydrogen-bond acceptors (Lipinski definition) is 3. The van der Waals surface area contributed by atoms with Gasteiger partial charge in [0.15, 0.2) is 0 Å².